The molecule has 0 saturated carbocycles. The molecular weight excluding hydrogens is 242 g/mol. The number of aromatic nitrogens is 1. The molecule has 0 saturated heterocycles. The third-order valence-electron chi connectivity index (χ3n) is 3.23. The van der Waals surface area contributed by atoms with Crippen LogP contribution in [-0.4, -0.2) is 17.0 Å². The van der Waals surface area contributed by atoms with Gasteiger partial charge in [0, 0.05) is 13.5 Å². The van der Waals surface area contributed by atoms with Crippen molar-refractivity contribution in [2.75, 3.05) is 7.05 Å². The molecule has 0 aliphatic carbocycles. The monoisotopic (exact) mass is 259 g/mol. The van der Waals surface area contributed by atoms with Gasteiger partial charge < -0.3 is 0 Å². The molecule has 1 atom stereocenters. The van der Waals surface area contributed by atoms with Crippen LogP contribution in [0.25, 0.3) is 10.2 Å². The molecule has 2 rings (SSSR count). The van der Waals surface area contributed by atoms with Crippen LogP contribution in [0.1, 0.15) is 23.9 Å². The summed E-state index contributed by atoms with van der Waals surface area (Å²) in [6.07, 6.45) is 5.99. The van der Waals surface area contributed by atoms with Crippen molar-refractivity contribution >= 4 is 21.6 Å². The highest BCUT2D eigenvalue weighted by atomic mass is 32.1. The van der Waals surface area contributed by atoms with Gasteiger partial charge in [-0.15, -0.1) is 23.7 Å². The summed E-state index contributed by atoms with van der Waals surface area (Å²) >= 11 is 1.65. The molecule has 2 aromatic rings. The standard InChI is InChI=1S/C14H17N3S/c1-5-8-14(3,17(4)15)13-16-11-9-10(2)6-7-12(11)18-13/h1,6-7,9H,8,15H2,2-4H3. The van der Waals surface area contributed by atoms with E-state index in [1.807, 2.05) is 14.0 Å². The molecule has 4 heteroatoms. The van der Waals surface area contributed by atoms with Gasteiger partial charge in [-0.25, -0.2) is 9.99 Å². The van der Waals surface area contributed by atoms with E-state index in [0.717, 1.165) is 10.5 Å². The summed E-state index contributed by atoms with van der Waals surface area (Å²) in [5.74, 6) is 8.63. The molecule has 1 aromatic carbocycles. The zero-order chi connectivity index (χ0) is 13.3. The van der Waals surface area contributed by atoms with Crippen LogP contribution in [0.15, 0.2) is 18.2 Å². The first kappa shape index (κ1) is 13.0. The predicted molar refractivity (Wildman–Crippen MR) is 77.1 cm³/mol. The van der Waals surface area contributed by atoms with E-state index < -0.39 is 5.54 Å². The molecule has 0 aliphatic heterocycles. The van der Waals surface area contributed by atoms with Crippen LogP contribution in [-0.2, 0) is 5.54 Å². The smallest absolute Gasteiger partial charge is 0.116 e. The van der Waals surface area contributed by atoms with Gasteiger partial charge in [0.2, 0.25) is 0 Å². The third kappa shape index (κ3) is 2.13. The van der Waals surface area contributed by atoms with Crippen LogP contribution < -0.4 is 5.84 Å². The molecular formula is C14H17N3S. The van der Waals surface area contributed by atoms with Gasteiger partial charge in [0.15, 0.2) is 0 Å². The normalized spacial score (nSPS) is 14.7. The van der Waals surface area contributed by atoms with Crippen molar-refractivity contribution in [2.24, 2.45) is 5.84 Å². The van der Waals surface area contributed by atoms with Crippen molar-refractivity contribution in [3.63, 3.8) is 0 Å². The highest BCUT2D eigenvalue weighted by Crippen LogP contribution is 2.34. The lowest BCUT2D eigenvalue weighted by atomic mass is 9.99. The molecule has 0 spiro atoms. The second-order valence-electron chi connectivity index (χ2n) is 4.76. The fraction of sp³-hybridized carbons (Fsp3) is 0.357. The van der Waals surface area contributed by atoms with Gasteiger partial charge >= 0.3 is 0 Å². The van der Waals surface area contributed by atoms with Crippen molar-refractivity contribution in [3.05, 3.63) is 28.8 Å². The summed E-state index contributed by atoms with van der Waals surface area (Å²) in [5.41, 5.74) is 1.81. The van der Waals surface area contributed by atoms with Gasteiger partial charge in [0.05, 0.1) is 15.8 Å². The number of hydrazine groups is 1. The summed E-state index contributed by atoms with van der Waals surface area (Å²) in [4.78, 5) is 4.69. The molecule has 0 fully saturated rings. The molecule has 0 bridgehead atoms. The molecule has 2 N–H and O–H groups in total. The minimum absolute atomic E-state index is 0.410. The van der Waals surface area contributed by atoms with Crippen LogP contribution in [0.3, 0.4) is 0 Å². The number of terminal acetylenes is 1. The number of hydrogen-bond acceptors (Lipinski definition) is 4. The number of thiazole rings is 1. The van der Waals surface area contributed by atoms with Crippen LogP contribution in [0.5, 0.6) is 0 Å². The SMILES string of the molecule is C#CCC(C)(c1nc2cc(C)ccc2s1)N(C)N. The van der Waals surface area contributed by atoms with Crippen LogP contribution in [0, 0.1) is 19.3 Å². The summed E-state index contributed by atoms with van der Waals surface area (Å²) in [7, 11) is 1.83. The van der Waals surface area contributed by atoms with Crippen LogP contribution in [0.4, 0.5) is 0 Å². The van der Waals surface area contributed by atoms with Crippen molar-refractivity contribution < 1.29 is 0 Å². The van der Waals surface area contributed by atoms with Crippen molar-refractivity contribution in [3.8, 4) is 12.3 Å². The number of aryl methyl sites for hydroxylation is 1. The maximum atomic E-state index is 5.95. The molecule has 1 aromatic heterocycles. The third-order valence-corrected chi connectivity index (χ3v) is 4.52. The average molecular weight is 259 g/mol. The van der Waals surface area contributed by atoms with Gasteiger partial charge in [-0.05, 0) is 31.5 Å². The van der Waals surface area contributed by atoms with Gasteiger partial charge in [0.1, 0.15) is 5.01 Å². The summed E-state index contributed by atoms with van der Waals surface area (Å²) < 4.78 is 1.17. The zero-order valence-electron chi connectivity index (χ0n) is 10.9. The lowest BCUT2D eigenvalue weighted by Crippen LogP contribution is -2.45. The fourth-order valence-electron chi connectivity index (χ4n) is 1.82. The molecule has 94 valence electrons. The lowest BCUT2D eigenvalue weighted by Gasteiger charge is -2.32. The van der Waals surface area contributed by atoms with E-state index in [1.54, 1.807) is 16.3 Å². The molecule has 18 heavy (non-hydrogen) atoms. The van der Waals surface area contributed by atoms with Crippen molar-refractivity contribution in [1.82, 2.24) is 9.99 Å². The highest BCUT2D eigenvalue weighted by molar-refractivity contribution is 7.18. The number of rotatable bonds is 3. The molecule has 1 heterocycles. The lowest BCUT2D eigenvalue weighted by molar-refractivity contribution is 0.143. The number of nitrogens with zero attached hydrogens (tertiary/aromatic N) is 2. The first-order chi connectivity index (χ1) is 8.47. The minimum atomic E-state index is -0.410. The Hall–Kier alpha value is -1.41. The number of nitrogens with two attached hydrogens (primary N) is 1. The molecule has 3 nitrogen and oxygen atoms in total. The van der Waals surface area contributed by atoms with E-state index in [2.05, 4.69) is 36.0 Å². The largest absolute Gasteiger partial charge is 0.268 e. The first-order valence-corrected chi connectivity index (χ1v) is 6.58. The Balaban J connectivity index is 2.55. The highest BCUT2D eigenvalue weighted by Gasteiger charge is 2.32. The van der Waals surface area contributed by atoms with E-state index in [9.17, 15) is 0 Å². The molecule has 0 aliphatic rings. The second kappa shape index (κ2) is 4.69. The summed E-state index contributed by atoms with van der Waals surface area (Å²) in [6, 6.07) is 6.27. The number of benzene rings is 1. The summed E-state index contributed by atoms with van der Waals surface area (Å²) in [5, 5.41) is 2.61. The average Bonchev–Trinajstić information content (AvgIpc) is 2.72. The Morgan fingerprint density at radius 3 is 2.89 bits per heavy atom. The van der Waals surface area contributed by atoms with Gasteiger partial charge in [-0.2, -0.15) is 0 Å². The van der Waals surface area contributed by atoms with E-state index in [0.29, 0.717) is 6.42 Å². The van der Waals surface area contributed by atoms with E-state index in [1.165, 1.54) is 10.3 Å². The zero-order valence-corrected chi connectivity index (χ0v) is 11.7. The summed E-state index contributed by atoms with van der Waals surface area (Å²) in [6.45, 7) is 4.09. The number of hydrogen-bond donors (Lipinski definition) is 1. The minimum Gasteiger partial charge on any atom is -0.268 e. The van der Waals surface area contributed by atoms with Gasteiger partial charge in [-0.3, -0.25) is 5.84 Å². The van der Waals surface area contributed by atoms with Crippen molar-refractivity contribution in [1.29, 1.82) is 0 Å². The Morgan fingerprint density at radius 2 is 2.28 bits per heavy atom. The van der Waals surface area contributed by atoms with E-state index in [4.69, 9.17) is 12.3 Å². The molecule has 0 amide bonds. The Bertz CT molecular complexity index is 609. The topological polar surface area (TPSA) is 42.2 Å². The Morgan fingerprint density at radius 1 is 1.56 bits per heavy atom. The fourth-order valence-corrected chi connectivity index (χ4v) is 2.95. The van der Waals surface area contributed by atoms with Crippen molar-refractivity contribution in [2.45, 2.75) is 25.8 Å². The van der Waals surface area contributed by atoms with Gasteiger partial charge in [0.25, 0.3) is 0 Å². The van der Waals surface area contributed by atoms with E-state index >= 15 is 0 Å². The first-order valence-electron chi connectivity index (χ1n) is 5.77. The maximum Gasteiger partial charge on any atom is 0.116 e. The Kier molecular flexibility index (Phi) is 3.40. The van der Waals surface area contributed by atoms with E-state index in [-0.39, 0.29) is 0 Å². The number of fused-ring (bicyclic) bond motifs is 1. The van der Waals surface area contributed by atoms with Crippen LogP contribution in [0.2, 0.25) is 0 Å². The Labute approximate surface area is 112 Å². The quantitative estimate of drug-likeness (QED) is 0.523. The maximum absolute atomic E-state index is 5.95. The molecule has 1 unspecified atom stereocenters. The van der Waals surface area contributed by atoms with Gasteiger partial charge in [-0.1, -0.05) is 6.07 Å². The van der Waals surface area contributed by atoms with Crippen LogP contribution >= 0.6 is 11.3 Å². The predicted octanol–water partition coefficient (Wildman–Crippen LogP) is 2.65. The molecule has 0 radical (unpaired) electrons. The second-order valence-corrected chi connectivity index (χ2v) is 5.79.